The zero-order valence-corrected chi connectivity index (χ0v) is 7.86. The monoisotopic (exact) mass is 262 g/mol. The molecule has 0 saturated heterocycles. The first-order valence-electron chi connectivity index (χ1n) is 3.13. The van der Waals surface area contributed by atoms with Crippen molar-refractivity contribution < 1.29 is 9.90 Å². The smallest absolute Gasteiger partial charge is 0.153 e. The van der Waals surface area contributed by atoms with Gasteiger partial charge in [0.2, 0.25) is 0 Å². The van der Waals surface area contributed by atoms with Crippen molar-refractivity contribution in [2.45, 2.75) is 6.10 Å². The Bertz CT molecular complexity index is 260. The predicted molar refractivity (Wildman–Crippen MR) is 50.2 cm³/mol. The Hall–Kier alpha value is -0.420. The van der Waals surface area contributed by atoms with Gasteiger partial charge in [-0.25, -0.2) is 0 Å². The number of rotatable bonds is 2. The second-order valence-electron chi connectivity index (χ2n) is 2.10. The van der Waals surface area contributed by atoms with Crippen molar-refractivity contribution in [2.75, 3.05) is 0 Å². The zero-order chi connectivity index (χ0) is 8.27. The number of carbonyl (C=O) groups is 1. The van der Waals surface area contributed by atoms with E-state index < -0.39 is 6.10 Å². The lowest BCUT2D eigenvalue weighted by Crippen LogP contribution is -1.99. The molecule has 0 spiro atoms. The van der Waals surface area contributed by atoms with Crippen LogP contribution in [0, 0.1) is 3.57 Å². The van der Waals surface area contributed by atoms with Gasteiger partial charge in [-0.05, 0) is 28.7 Å². The number of aldehydes is 1. The highest BCUT2D eigenvalue weighted by Crippen LogP contribution is 2.17. The molecule has 2 nitrogen and oxygen atoms in total. The fourth-order valence-electron chi connectivity index (χ4n) is 0.788. The Balaban J connectivity index is 3.02. The molecule has 0 aliphatic carbocycles. The Morgan fingerprint density at radius 2 is 2.09 bits per heavy atom. The van der Waals surface area contributed by atoms with Gasteiger partial charge in [0.05, 0.1) is 0 Å². The van der Waals surface area contributed by atoms with E-state index in [2.05, 4.69) is 22.6 Å². The minimum absolute atomic E-state index is 0.525. The Morgan fingerprint density at radius 1 is 1.45 bits per heavy atom. The quantitative estimate of drug-likeness (QED) is 0.648. The maximum Gasteiger partial charge on any atom is 0.153 e. The molecule has 3 heteroatoms. The Morgan fingerprint density at radius 3 is 2.64 bits per heavy atom. The molecule has 1 atom stereocenters. The number of benzene rings is 1. The highest BCUT2D eigenvalue weighted by molar-refractivity contribution is 14.1. The van der Waals surface area contributed by atoms with Crippen LogP contribution in [0.1, 0.15) is 11.7 Å². The molecule has 1 unspecified atom stereocenters. The van der Waals surface area contributed by atoms with Crippen molar-refractivity contribution in [2.24, 2.45) is 0 Å². The number of aliphatic hydroxyl groups is 1. The van der Waals surface area contributed by atoms with Gasteiger partial charge in [0.25, 0.3) is 0 Å². The van der Waals surface area contributed by atoms with Crippen LogP contribution in [0.3, 0.4) is 0 Å². The number of hydrogen-bond acceptors (Lipinski definition) is 2. The van der Waals surface area contributed by atoms with Crippen molar-refractivity contribution >= 4 is 28.9 Å². The number of hydrogen-bond donors (Lipinski definition) is 1. The molecule has 1 rings (SSSR count). The van der Waals surface area contributed by atoms with Gasteiger partial charge in [0, 0.05) is 9.13 Å². The molecule has 0 aliphatic heterocycles. The van der Waals surface area contributed by atoms with Crippen LogP contribution in [0.5, 0.6) is 0 Å². The van der Waals surface area contributed by atoms with Crippen molar-refractivity contribution in [3.8, 4) is 0 Å². The van der Waals surface area contributed by atoms with Gasteiger partial charge in [0.15, 0.2) is 6.29 Å². The summed E-state index contributed by atoms with van der Waals surface area (Å²) in [5, 5.41) is 9.14. The summed E-state index contributed by atoms with van der Waals surface area (Å²) in [6, 6.07) is 7.25. The third-order valence-electron chi connectivity index (χ3n) is 1.35. The normalized spacial score (nSPS) is 12.5. The molecule has 0 radical (unpaired) electrons. The minimum Gasteiger partial charge on any atom is -0.381 e. The van der Waals surface area contributed by atoms with E-state index in [1.807, 2.05) is 12.1 Å². The first-order chi connectivity index (χ1) is 5.25. The van der Waals surface area contributed by atoms with E-state index in [0.717, 1.165) is 3.57 Å². The molecule has 58 valence electrons. The molecule has 1 aromatic rings. The summed E-state index contributed by atoms with van der Waals surface area (Å²) in [5.74, 6) is 0. The minimum atomic E-state index is -0.983. The first kappa shape index (κ1) is 8.67. The van der Waals surface area contributed by atoms with Crippen LogP contribution < -0.4 is 0 Å². The Kier molecular flexibility index (Phi) is 3.02. The van der Waals surface area contributed by atoms with Crippen LogP contribution in [0.25, 0.3) is 0 Å². The number of carbonyl (C=O) groups excluding carboxylic acids is 1. The fourth-order valence-corrected chi connectivity index (χ4v) is 1.49. The molecule has 0 saturated carbocycles. The summed E-state index contributed by atoms with van der Waals surface area (Å²) < 4.78 is 0.907. The van der Waals surface area contributed by atoms with E-state index >= 15 is 0 Å². The molecule has 0 amide bonds. The van der Waals surface area contributed by atoms with Crippen LogP contribution in [0.15, 0.2) is 24.3 Å². The third kappa shape index (κ3) is 2.00. The molecule has 0 aromatic heterocycles. The third-order valence-corrected chi connectivity index (χ3v) is 2.34. The molecule has 11 heavy (non-hydrogen) atoms. The lowest BCUT2D eigenvalue weighted by Gasteiger charge is -2.04. The summed E-state index contributed by atoms with van der Waals surface area (Å²) in [6.07, 6.45) is -0.458. The van der Waals surface area contributed by atoms with E-state index in [9.17, 15) is 4.79 Å². The first-order valence-corrected chi connectivity index (χ1v) is 4.21. The van der Waals surface area contributed by atoms with Crippen molar-refractivity contribution in [3.63, 3.8) is 0 Å². The molecule has 1 aromatic carbocycles. The van der Waals surface area contributed by atoms with Crippen LogP contribution in [-0.4, -0.2) is 11.4 Å². The SMILES string of the molecule is O=CC(O)c1ccccc1I. The van der Waals surface area contributed by atoms with Gasteiger partial charge >= 0.3 is 0 Å². The number of aliphatic hydroxyl groups excluding tert-OH is 1. The lowest BCUT2D eigenvalue weighted by atomic mass is 10.1. The standard InChI is InChI=1S/C8H7IO2/c9-7-4-2-1-3-6(7)8(11)5-10/h1-5,8,11H. The van der Waals surface area contributed by atoms with Gasteiger partial charge in [-0.1, -0.05) is 18.2 Å². The molecular weight excluding hydrogens is 255 g/mol. The zero-order valence-electron chi connectivity index (χ0n) is 5.70. The van der Waals surface area contributed by atoms with Gasteiger partial charge in [0.1, 0.15) is 6.10 Å². The van der Waals surface area contributed by atoms with E-state index in [0.29, 0.717) is 11.8 Å². The summed E-state index contributed by atoms with van der Waals surface area (Å²) >= 11 is 2.08. The molecule has 0 heterocycles. The topological polar surface area (TPSA) is 37.3 Å². The van der Waals surface area contributed by atoms with Gasteiger partial charge in [-0.2, -0.15) is 0 Å². The Labute approximate surface area is 78.4 Å². The van der Waals surface area contributed by atoms with Crippen molar-refractivity contribution in [1.82, 2.24) is 0 Å². The second-order valence-corrected chi connectivity index (χ2v) is 3.26. The maximum atomic E-state index is 10.2. The number of halogens is 1. The van der Waals surface area contributed by atoms with Crippen molar-refractivity contribution in [3.05, 3.63) is 33.4 Å². The van der Waals surface area contributed by atoms with Crippen LogP contribution in [0.4, 0.5) is 0 Å². The molecular formula is C8H7IO2. The van der Waals surface area contributed by atoms with E-state index in [4.69, 9.17) is 5.11 Å². The molecule has 0 aliphatic rings. The van der Waals surface area contributed by atoms with Gasteiger partial charge in [-0.3, -0.25) is 0 Å². The average Bonchev–Trinajstić information content (AvgIpc) is 2.04. The molecule has 1 N–H and O–H groups in total. The van der Waals surface area contributed by atoms with Gasteiger partial charge in [-0.15, -0.1) is 0 Å². The average molecular weight is 262 g/mol. The summed E-state index contributed by atoms with van der Waals surface area (Å²) in [4.78, 5) is 10.2. The summed E-state index contributed by atoms with van der Waals surface area (Å²) in [5.41, 5.74) is 0.670. The molecule has 0 fully saturated rings. The van der Waals surface area contributed by atoms with Crippen molar-refractivity contribution in [1.29, 1.82) is 0 Å². The lowest BCUT2D eigenvalue weighted by molar-refractivity contribution is -0.115. The maximum absolute atomic E-state index is 10.2. The highest BCUT2D eigenvalue weighted by Gasteiger charge is 2.07. The van der Waals surface area contributed by atoms with E-state index in [-0.39, 0.29) is 0 Å². The van der Waals surface area contributed by atoms with Crippen LogP contribution in [0.2, 0.25) is 0 Å². The highest BCUT2D eigenvalue weighted by atomic mass is 127. The summed E-state index contributed by atoms with van der Waals surface area (Å²) in [6.45, 7) is 0. The van der Waals surface area contributed by atoms with Crippen LogP contribution in [-0.2, 0) is 4.79 Å². The fraction of sp³-hybridized carbons (Fsp3) is 0.125. The predicted octanol–water partition coefficient (Wildman–Crippen LogP) is 1.52. The second kappa shape index (κ2) is 3.82. The summed E-state index contributed by atoms with van der Waals surface area (Å²) in [7, 11) is 0. The van der Waals surface area contributed by atoms with E-state index in [1.54, 1.807) is 12.1 Å². The van der Waals surface area contributed by atoms with E-state index in [1.165, 1.54) is 0 Å². The van der Waals surface area contributed by atoms with Crippen LogP contribution >= 0.6 is 22.6 Å². The molecule has 0 bridgehead atoms. The van der Waals surface area contributed by atoms with Gasteiger partial charge < -0.3 is 9.90 Å². The largest absolute Gasteiger partial charge is 0.381 e.